The van der Waals surface area contributed by atoms with Crippen molar-refractivity contribution in [3.05, 3.63) is 87.7 Å². The van der Waals surface area contributed by atoms with Gasteiger partial charge >= 0.3 is 0 Å². The van der Waals surface area contributed by atoms with E-state index in [4.69, 9.17) is 26.1 Å². The van der Waals surface area contributed by atoms with Gasteiger partial charge in [-0.05, 0) is 73.0 Å². The Morgan fingerprint density at radius 3 is 2.50 bits per heavy atom. The molecule has 0 fully saturated rings. The van der Waals surface area contributed by atoms with E-state index in [-0.39, 0.29) is 5.56 Å². The first-order valence-corrected chi connectivity index (χ1v) is 11.0. The summed E-state index contributed by atoms with van der Waals surface area (Å²) >= 11 is 6.19. The average Bonchev–Trinajstić information content (AvgIpc) is 2.83. The Morgan fingerprint density at radius 2 is 1.75 bits per heavy atom. The van der Waals surface area contributed by atoms with Crippen LogP contribution in [0, 0.1) is 0 Å². The normalized spacial score (nSPS) is 11.0. The van der Waals surface area contributed by atoms with Crippen LogP contribution in [-0.2, 0) is 13.0 Å². The number of rotatable bonds is 8. The van der Waals surface area contributed by atoms with E-state index in [9.17, 15) is 4.79 Å². The highest BCUT2D eigenvalue weighted by molar-refractivity contribution is 6.31. The monoisotopic (exact) mass is 448 g/mol. The first-order valence-electron chi connectivity index (χ1n) is 10.7. The second-order valence-corrected chi connectivity index (χ2v) is 7.85. The number of aromatic nitrogens is 2. The van der Waals surface area contributed by atoms with Crippen LogP contribution in [0.3, 0.4) is 0 Å². The van der Waals surface area contributed by atoms with Crippen LogP contribution in [0.25, 0.3) is 22.3 Å². The maximum absolute atomic E-state index is 13.3. The molecule has 1 heterocycles. The number of aryl methyl sites for hydroxylation is 1. The van der Waals surface area contributed by atoms with Gasteiger partial charge < -0.3 is 9.47 Å². The molecule has 1 aromatic heterocycles. The summed E-state index contributed by atoms with van der Waals surface area (Å²) in [7, 11) is 1.63. The molecule has 0 amide bonds. The predicted octanol–water partition coefficient (Wildman–Crippen LogP) is 5.76. The third-order valence-corrected chi connectivity index (χ3v) is 5.77. The summed E-state index contributed by atoms with van der Waals surface area (Å²) in [5, 5.41) is 1.36. The van der Waals surface area contributed by atoms with Crippen LogP contribution in [0.1, 0.15) is 18.9 Å². The van der Waals surface area contributed by atoms with E-state index >= 15 is 0 Å². The van der Waals surface area contributed by atoms with Crippen molar-refractivity contribution in [1.82, 2.24) is 9.55 Å². The van der Waals surface area contributed by atoms with E-state index in [0.29, 0.717) is 36.3 Å². The molecular formula is C26H25ClN2O3. The second-order valence-electron chi connectivity index (χ2n) is 7.45. The smallest absolute Gasteiger partial charge is 0.261 e. The molecule has 0 radical (unpaired) electrons. The topological polar surface area (TPSA) is 53.4 Å². The highest BCUT2D eigenvalue weighted by Crippen LogP contribution is 2.24. The van der Waals surface area contributed by atoms with E-state index in [1.165, 1.54) is 0 Å². The van der Waals surface area contributed by atoms with Crippen molar-refractivity contribution in [2.24, 2.45) is 0 Å². The highest BCUT2D eigenvalue weighted by Gasteiger charge is 2.13. The number of fused-ring (bicyclic) bond motifs is 1. The van der Waals surface area contributed by atoms with E-state index in [1.54, 1.807) is 11.7 Å². The van der Waals surface area contributed by atoms with Gasteiger partial charge in [0.25, 0.3) is 5.56 Å². The molecule has 4 rings (SSSR count). The third-order valence-electron chi connectivity index (χ3n) is 5.40. The van der Waals surface area contributed by atoms with Crippen LogP contribution >= 0.6 is 11.6 Å². The summed E-state index contributed by atoms with van der Waals surface area (Å²) in [6.07, 6.45) is 1.51. The molecule has 0 spiro atoms. The lowest BCUT2D eigenvalue weighted by molar-refractivity contribution is 0.301. The molecule has 32 heavy (non-hydrogen) atoms. The van der Waals surface area contributed by atoms with Gasteiger partial charge in [0.2, 0.25) is 0 Å². The Morgan fingerprint density at radius 1 is 1.00 bits per heavy atom. The number of benzene rings is 3. The largest absolute Gasteiger partial charge is 0.497 e. The van der Waals surface area contributed by atoms with Crippen LogP contribution in [0.15, 0.2) is 71.5 Å². The Balaban J connectivity index is 1.59. The van der Waals surface area contributed by atoms with E-state index < -0.39 is 0 Å². The molecule has 164 valence electrons. The molecule has 0 N–H and O–H groups in total. The van der Waals surface area contributed by atoms with Crippen LogP contribution in [0.4, 0.5) is 0 Å². The Bertz CT molecular complexity index is 1280. The van der Waals surface area contributed by atoms with Crippen LogP contribution < -0.4 is 15.0 Å². The summed E-state index contributed by atoms with van der Waals surface area (Å²) in [4.78, 5) is 18.1. The van der Waals surface area contributed by atoms with Gasteiger partial charge in [0, 0.05) is 17.1 Å². The number of ether oxygens (including phenoxy) is 2. The van der Waals surface area contributed by atoms with Crippen molar-refractivity contribution in [3.8, 4) is 22.9 Å². The third kappa shape index (κ3) is 4.63. The van der Waals surface area contributed by atoms with E-state index in [1.807, 2.05) is 66.7 Å². The number of para-hydroxylation sites is 1. The lowest BCUT2D eigenvalue weighted by Crippen LogP contribution is -2.24. The van der Waals surface area contributed by atoms with Gasteiger partial charge in [0.05, 0.1) is 24.6 Å². The Kier molecular flexibility index (Phi) is 6.76. The molecule has 0 unspecified atom stereocenters. The Labute approximate surface area is 192 Å². The van der Waals surface area contributed by atoms with Crippen molar-refractivity contribution in [3.63, 3.8) is 0 Å². The van der Waals surface area contributed by atoms with Gasteiger partial charge in [-0.1, -0.05) is 30.7 Å². The first-order chi connectivity index (χ1) is 15.6. The van der Waals surface area contributed by atoms with Crippen molar-refractivity contribution < 1.29 is 9.47 Å². The van der Waals surface area contributed by atoms with Gasteiger partial charge in [0.15, 0.2) is 0 Å². The number of nitrogens with zero attached hydrogens (tertiary/aromatic N) is 2. The highest BCUT2D eigenvalue weighted by atomic mass is 35.5. The molecule has 0 saturated heterocycles. The van der Waals surface area contributed by atoms with Crippen LogP contribution in [0.2, 0.25) is 5.02 Å². The van der Waals surface area contributed by atoms with Gasteiger partial charge in [-0.2, -0.15) is 0 Å². The molecule has 6 heteroatoms. The van der Waals surface area contributed by atoms with E-state index in [2.05, 4.69) is 6.92 Å². The van der Waals surface area contributed by atoms with Crippen molar-refractivity contribution in [2.75, 3.05) is 13.7 Å². The van der Waals surface area contributed by atoms with Gasteiger partial charge in [0.1, 0.15) is 17.3 Å². The van der Waals surface area contributed by atoms with Gasteiger partial charge in [-0.15, -0.1) is 0 Å². The molecule has 0 saturated carbocycles. The predicted molar refractivity (Wildman–Crippen MR) is 129 cm³/mol. The van der Waals surface area contributed by atoms with Gasteiger partial charge in [-0.3, -0.25) is 9.36 Å². The van der Waals surface area contributed by atoms with Crippen LogP contribution in [-0.4, -0.2) is 23.3 Å². The summed E-state index contributed by atoms with van der Waals surface area (Å²) in [5.41, 5.74) is 2.55. The molecule has 0 bridgehead atoms. The fraction of sp³-hybridized carbons (Fsp3) is 0.231. The zero-order valence-corrected chi connectivity index (χ0v) is 18.9. The molecule has 0 aliphatic rings. The maximum atomic E-state index is 13.3. The second kappa shape index (κ2) is 9.88. The minimum Gasteiger partial charge on any atom is -0.497 e. The quantitative estimate of drug-likeness (QED) is 0.322. The summed E-state index contributed by atoms with van der Waals surface area (Å²) in [6, 6.07) is 20.7. The average molecular weight is 449 g/mol. The minimum atomic E-state index is -0.0545. The zero-order chi connectivity index (χ0) is 22.5. The Hall–Kier alpha value is -3.31. The van der Waals surface area contributed by atoms with Crippen molar-refractivity contribution in [1.29, 1.82) is 0 Å². The molecule has 3 aromatic carbocycles. The standard InChI is InChI=1S/C26H25ClN2O3/c1-3-18-17-21(13-14-23(18)27)32-16-6-15-29-25(19-9-11-20(31-2)12-10-19)28-24-8-5-4-7-22(24)26(29)30/h4-5,7-14,17H,3,6,15-16H2,1-2H3. The maximum Gasteiger partial charge on any atom is 0.261 e. The molecule has 4 aromatic rings. The molecular weight excluding hydrogens is 424 g/mol. The number of hydrogen-bond donors (Lipinski definition) is 0. The lowest BCUT2D eigenvalue weighted by Gasteiger charge is -2.15. The minimum absolute atomic E-state index is 0.0545. The fourth-order valence-corrected chi connectivity index (χ4v) is 3.91. The molecule has 5 nitrogen and oxygen atoms in total. The number of hydrogen-bond acceptors (Lipinski definition) is 4. The fourth-order valence-electron chi connectivity index (χ4n) is 3.66. The zero-order valence-electron chi connectivity index (χ0n) is 18.2. The number of halogens is 1. The lowest BCUT2D eigenvalue weighted by atomic mass is 10.1. The molecule has 0 atom stereocenters. The number of methoxy groups -OCH3 is 1. The SMILES string of the molecule is CCc1cc(OCCCn2c(-c3ccc(OC)cc3)nc3ccccc3c2=O)ccc1Cl. The summed E-state index contributed by atoms with van der Waals surface area (Å²) in [6.45, 7) is 3.03. The summed E-state index contributed by atoms with van der Waals surface area (Å²) in [5.74, 6) is 2.17. The van der Waals surface area contributed by atoms with Crippen LogP contribution in [0.5, 0.6) is 11.5 Å². The van der Waals surface area contributed by atoms with Crippen molar-refractivity contribution in [2.45, 2.75) is 26.3 Å². The molecule has 0 aliphatic carbocycles. The van der Waals surface area contributed by atoms with Gasteiger partial charge in [-0.25, -0.2) is 4.98 Å². The summed E-state index contributed by atoms with van der Waals surface area (Å²) < 4.78 is 12.9. The van der Waals surface area contributed by atoms with Crippen molar-refractivity contribution >= 4 is 22.5 Å². The molecule has 0 aliphatic heterocycles. The first kappa shape index (κ1) is 21.9. The van der Waals surface area contributed by atoms with E-state index in [0.717, 1.165) is 34.1 Å².